The Morgan fingerprint density at radius 2 is 2.16 bits per heavy atom. The van der Waals surface area contributed by atoms with E-state index in [1.807, 2.05) is 43.3 Å². The van der Waals surface area contributed by atoms with Crippen LogP contribution in [-0.2, 0) is 4.79 Å². The predicted molar refractivity (Wildman–Crippen MR) is 100 cm³/mol. The number of fused-ring (bicyclic) bond motifs is 1. The van der Waals surface area contributed by atoms with E-state index >= 15 is 0 Å². The van der Waals surface area contributed by atoms with Gasteiger partial charge in [-0.2, -0.15) is 9.61 Å². The van der Waals surface area contributed by atoms with Crippen LogP contribution in [0.4, 0.5) is 5.82 Å². The summed E-state index contributed by atoms with van der Waals surface area (Å²) in [5, 5.41) is 13.0. The Labute approximate surface area is 153 Å². The quantitative estimate of drug-likeness (QED) is 0.738. The first-order valence-corrected chi connectivity index (χ1v) is 9.04. The van der Waals surface area contributed by atoms with Crippen LogP contribution in [-0.4, -0.2) is 26.4 Å². The Bertz CT molecular complexity index is 1010. The van der Waals surface area contributed by atoms with Crippen molar-refractivity contribution in [2.75, 3.05) is 11.2 Å². The topological polar surface area (TPSA) is 71.3 Å². The molecule has 1 amide bonds. The Kier molecular flexibility index (Phi) is 4.10. The Morgan fingerprint density at radius 1 is 1.32 bits per heavy atom. The standard InChI is InChI=1S/C17H14ClN5OS/c1-10-16(21-17(24)14-8-25-9-19-14)23-15(20-10)7-6-13(22-23)11-4-2-3-5-12(11)18/h2-8,19H,9H2,1H3,(H,21,24). The van der Waals surface area contributed by atoms with Gasteiger partial charge < -0.3 is 10.6 Å². The van der Waals surface area contributed by atoms with Gasteiger partial charge in [0.2, 0.25) is 0 Å². The third-order valence-electron chi connectivity index (χ3n) is 3.83. The molecule has 1 aliphatic heterocycles. The SMILES string of the molecule is Cc1nc2ccc(-c3ccccc3Cl)nn2c1NC(=O)C1=CSCN1. The molecule has 1 aliphatic rings. The van der Waals surface area contributed by atoms with Crippen molar-refractivity contribution in [1.29, 1.82) is 0 Å². The lowest BCUT2D eigenvalue weighted by atomic mass is 10.1. The molecule has 4 rings (SSSR count). The first kappa shape index (κ1) is 16.0. The molecular weight excluding hydrogens is 358 g/mol. The maximum absolute atomic E-state index is 12.4. The second-order valence-electron chi connectivity index (χ2n) is 5.49. The number of hydrogen-bond donors (Lipinski definition) is 2. The van der Waals surface area contributed by atoms with E-state index in [1.54, 1.807) is 21.7 Å². The lowest BCUT2D eigenvalue weighted by Gasteiger charge is -2.08. The molecule has 2 N–H and O–H groups in total. The highest BCUT2D eigenvalue weighted by atomic mass is 35.5. The van der Waals surface area contributed by atoms with Crippen LogP contribution in [0.15, 0.2) is 47.5 Å². The first-order valence-electron chi connectivity index (χ1n) is 7.62. The highest BCUT2D eigenvalue weighted by Crippen LogP contribution is 2.27. The van der Waals surface area contributed by atoms with Crippen LogP contribution in [0, 0.1) is 6.92 Å². The molecule has 0 saturated heterocycles. The van der Waals surface area contributed by atoms with E-state index in [0.717, 1.165) is 5.56 Å². The van der Waals surface area contributed by atoms with Gasteiger partial charge in [0.05, 0.1) is 22.3 Å². The van der Waals surface area contributed by atoms with Crippen LogP contribution in [0.2, 0.25) is 5.02 Å². The molecule has 0 unspecified atom stereocenters. The predicted octanol–water partition coefficient (Wildman–Crippen LogP) is 3.43. The average molecular weight is 372 g/mol. The van der Waals surface area contributed by atoms with Crippen molar-refractivity contribution in [3.63, 3.8) is 0 Å². The van der Waals surface area contributed by atoms with E-state index in [1.165, 1.54) is 0 Å². The van der Waals surface area contributed by atoms with Crippen molar-refractivity contribution in [2.24, 2.45) is 0 Å². The highest BCUT2D eigenvalue weighted by Gasteiger charge is 2.18. The summed E-state index contributed by atoms with van der Waals surface area (Å²) in [6.45, 7) is 1.84. The number of carbonyl (C=O) groups excluding carboxylic acids is 1. The number of imidazole rings is 1. The minimum atomic E-state index is -0.208. The third-order valence-corrected chi connectivity index (χ3v) is 4.87. The van der Waals surface area contributed by atoms with E-state index < -0.39 is 0 Å². The fraction of sp³-hybridized carbons (Fsp3) is 0.118. The number of aromatic nitrogens is 3. The third kappa shape index (κ3) is 2.96. The van der Waals surface area contributed by atoms with Crippen molar-refractivity contribution in [3.8, 4) is 11.3 Å². The van der Waals surface area contributed by atoms with Crippen LogP contribution in [0.25, 0.3) is 16.9 Å². The molecule has 3 heterocycles. The molecular formula is C17H14ClN5OS. The molecule has 0 bridgehead atoms. The minimum absolute atomic E-state index is 0.208. The number of nitrogens with zero attached hydrogens (tertiary/aromatic N) is 3. The molecule has 3 aromatic rings. The summed E-state index contributed by atoms with van der Waals surface area (Å²) in [5.41, 5.74) is 3.43. The Hall–Kier alpha value is -2.51. The number of aryl methyl sites for hydroxylation is 1. The lowest BCUT2D eigenvalue weighted by Crippen LogP contribution is -2.23. The molecule has 1 aromatic carbocycles. The van der Waals surface area contributed by atoms with Gasteiger partial charge in [-0.05, 0) is 25.1 Å². The molecule has 6 nitrogen and oxygen atoms in total. The van der Waals surface area contributed by atoms with Gasteiger partial charge in [-0.25, -0.2) is 4.98 Å². The molecule has 0 aliphatic carbocycles. The molecule has 0 fully saturated rings. The molecule has 0 atom stereocenters. The van der Waals surface area contributed by atoms with Crippen LogP contribution in [0.5, 0.6) is 0 Å². The summed E-state index contributed by atoms with van der Waals surface area (Å²) in [6.07, 6.45) is 0. The summed E-state index contributed by atoms with van der Waals surface area (Å²) in [7, 11) is 0. The zero-order valence-corrected chi connectivity index (χ0v) is 14.9. The van der Waals surface area contributed by atoms with Gasteiger partial charge in [-0.1, -0.05) is 29.8 Å². The molecule has 126 valence electrons. The smallest absolute Gasteiger partial charge is 0.273 e. The van der Waals surface area contributed by atoms with Crippen molar-refractivity contribution < 1.29 is 4.79 Å². The summed E-state index contributed by atoms with van der Waals surface area (Å²) < 4.78 is 1.63. The number of carbonyl (C=O) groups is 1. The summed E-state index contributed by atoms with van der Waals surface area (Å²) in [4.78, 5) is 16.8. The molecule has 0 saturated carbocycles. The summed E-state index contributed by atoms with van der Waals surface area (Å²) >= 11 is 7.82. The first-order chi connectivity index (χ1) is 12.1. The van der Waals surface area contributed by atoms with E-state index in [-0.39, 0.29) is 5.91 Å². The largest absolute Gasteiger partial charge is 0.371 e. The van der Waals surface area contributed by atoms with Crippen molar-refractivity contribution in [3.05, 3.63) is 58.2 Å². The van der Waals surface area contributed by atoms with Crippen molar-refractivity contribution in [2.45, 2.75) is 6.92 Å². The van der Waals surface area contributed by atoms with Gasteiger partial charge in [0.15, 0.2) is 11.5 Å². The van der Waals surface area contributed by atoms with Crippen molar-refractivity contribution in [1.82, 2.24) is 19.9 Å². The van der Waals surface area contributed by atoms with Crippen LogP contribution in [0.1, 0.15) is 5.69 Å². The number of benzene rings is 1. The van der Waals surface area contributed by atoms with E-state index in [2.05, 4.69) is 20.7 Å². The number of thioether (sulfide) groups is 1. The van der Waals surface area contributed by atoms with Crippen molar-refractivity contribution >= 4 is 40.7 Å². The Morgan fingerprint density at radius 3 is 2.92 bits per heavy atom. The van der Waals surface area contributed by atoms with E-state index in [9.17, 15) is 4.79 Å². The lowest BCUT2D eigenvalue weighted by molar-refractivity contribution is -0.113. The van der Waals surface area contributed by atoms with E-state index in [0.29, 0.717) is 39.4 Å². The normalized spacial score (nSPS) is 13.6. The van der Waals surface area contributed by atoms with Crippen LogP contribution < -0.4 is 10.6 Å². The molecule has 8 heteroatoms. The van der Waals surface area contributed by atoms with Gasteiger partial charge in [0.1, 0.15) is 5.70 Å². The average Bonchev–Trinajstić information content (AvgIpc) is 3.24. The number of rotatable bonds is 3. The molecule has 0 spiro atoms. The molecule has 25 heavy (non-hydrogen) atoms. The zero-order valence-electron chi connectivity index (χ0n) is 13.3. The monoisotopic (exact) mass is 371 g/mol. The highest BCUT2D eigenvalue weighted by molar-refractivity contribution is 8.02. The maximum Gasteiger partial charge on any atom is 0.273 e. The molecule has 0 radical (unpaired) electrons. The second-order valence-corrected chi connectivity index (χ2v) is 6.75. The number of nitrogens with one attached hydrogen (secondary N) is 2. The fourth-order valence-electron chi connectivity index (χ4n) is 2.59. The zero-order chi connectivity index (χ0) is 17.4. The van der Waals surface area contributed by atoms with Gasteiger partial charge in [-0.15, -0.1) is 11.8 Å². The van der Waals surface area contributed by atoms with Gasteiger partial charge >= 0.3 is 0 Å². The fourth-order valence-corrected chi connectivity index (χ4v) is 3.51. The second kappa shape index (κ2) is 6.42. The number of hydrogen-bond acceptors (Lipinski definition) is 5. The van der Waals surface area contributed by atoms with E-state index in [4.69, 9.17) is 11.6 Å². The minimum Gasteiger partial charge on any atom is -0.371 e. The van der Waals surface area contributed by atoms with Crippen LogP contribution in [0.3, 0.4) is 0 Å². The van der Waals surface area contributed by atoms with Gasteiger partial charge in [-0.3, -0.25) is 4.79 Å². The number of anilines is 1. The Balaban J connectivity index is 1.76. The van der Waals surface area contributed by atoms with Gasteiger partial charge in [0, 0.05) is 11.0 Å². The number of amides is 1. The molecule has 2 aromatic heterocycles. The van der Waals surface area contributed by atoms with Crippen LogP contribution >= 0.6 is 23.4 Å². The van der Waals surface area contributed by atoms with Gasteiger partial charge in [0.25, 0.3) is 5.91 Å². The maximum atomic E-state index is 12.4. The number of halogens is 1. The summed E-state index contributed by atoms with van der Waals surface area (Å²) in [6, 6.07) is 11.2. The summed E-state index contributed by atoms with van der Waals surface area (Å²) in [5.74, 6) is 1.04.